The molecule has 0 bridgehead atoms. The molecule has 0 saturated carbocycles. The molecule has 0 radical (unpaired) electrons. The molecule has 5 heteroatoms. The number of hydrogen-bond acceptors (Lipinski definition) is 4. The Morgan fingerprint density at radius 2 is 2.38 bits per heavy atom. The van der Waals surface area contributed by atoms with Gasteiger partial charge in [-0.25, -0.2) is 0 Å². The van der Waals surface area contributed by atoms with Crippen molar-refractivity contribution < 1.29 is 9.94 Å². The molecule has 88 valence electrons. The maximum Gasteiger partial charge on any atom is 0.140 e. The van der Waals surface area contributed by atoms with E-state index in [1.807, 2.05) is 24.3 Å². The zero-order valence-corrected chi connectivity index (χ0v) is 9.31. The lowest BCUT2D eigenvalue weighted by molar-refractivity contribution is 0.316. The summed E-state index contributed by atoms with van der Waals surface area (Å²) in [7, 11) is 1.64. The summed E-state index contributed by atoms with van der Waals surface area (Å²) < 4.78 is 5.12. The van der Waals surface area contributed by atoms with Crippen molar-refractivity contribution in [3.05, 3.63) is 29.8 Å². The first-order valence-electron chi connectivity index (χ1n) is 5.06. The van der Waals surface area contributed by atoms with E-state index in [0.717, 1.165) is 17.9 Å². The molecule has 4 N–H and O–H groups in total. The molecule has 0 atom stereocenters. The lowest BCUT2D eigenvalue weighted by Gasteiger charge is -2.06. The highest BCUT2D eigenvalue weighted by Gasteiger charge is 1.96. The van der Waals surface area contributed by atoms with Gasteiger partial charge in [0.1, 0.15) is 11.6 Å². The topological polar surface area (TPSA) is 79.9 Å². The van der Waals surface area contributed by atoms with Crippen LogP contribution in [0.2, 0.25) is 0 Å². The van der Waals surface area contributed by atoms with Crippen LogP contribution in [0.3, 0.4) is 0 Å². The molecule has 0 aliphatic heterocycles. The molecule has 0 aliphatic rings. The van der Waals surface area contributed by atoms with Gasteiger partial charge in [-0.05, 0) is 17.7 Å². The zero-order chi connectivity index (χ0) is 11.8. The van der Waals surface area contributed by atoms with Gasteiger partial charge in [-0.2, -0.15) is 0 Å². The summed E-state index contributed by atoms with van der Waals surface area (Å²) in [4.78, 5) is 0. The molecule has 1 rings (SSSR count). The number of oxime groups is 1. The van der Waals surface area contributed by atoms with Crippen molar-refractivity contribution >= 4 is 5.84 Å². The van der Waals surface area contributed by atoms with Crippen LogP contribution in [0.5, 0.6) is 5.75 Å². The monoisotopic (exact) mass is 223 g/mol. The second-order valence-electron chi connectivity index (χ2n) is 3.37. The Labute approximate surface area is 94.9 Å². The summed E-state index contributed by atoms with van der Waals surface area (Å²) in [6.45, 7) is 1.41. The molecule has 16 heavy (non-hydrogen) atoms. The first kappa shape index (κ1) is 12.3. The molecule has 0 aromatic heterocycles. The van der Waals surface area contributed by atoms with Crippen LogP contribution in [0, 0.1) is 0 Å². The van der Waals surface area contributed by atoms with E-state index in [0.29, 0.717) is 13.0 Å². The van der Waals surface area contributed by atoms with E-state index in [9.17, 15) is 0 Å². The van der Waals surface area contributed by atoms with E-state index in [4.69, 9.17) is 15.7 Å². The smallest absolute Gasteiger partial charge is 0.140 e. The molecule has 1 aromatic carbocycles. The van der Waals surface area contributed by atoms with E-state index < -0.39 is 0 Å². The summed E-state index contributed by atoms with van der Waals surface area (Å²) in [5.41, 5.74) is 6.48. The average Bonchev–Trinajstić information content (AvgIpc) is 2.34. The third-order valence-corrected chi connectivity index (χ3v) is 2.15. The van der Waals surface area contributed by atoms with E-state index in [2.05, 4.69) is 10.5 Å². The fourth-order valence-electron chi connectivity index (χ4n) is 1.28. The number of amidine groups is 1. The number of nitrogens with one attached hydrogen (secondary N) is 1. The van der Waals surface area contributed by atoms with E-state index in [1.165, 1.54) is 0 Å². The summed E-state index contributed by atoms with van der Waals surface area (Å²) in [6.07, 6.45) is 0.528. The zero-order valence-electron chi connectivity index (χ0n) is 9.31. The van der Waals surface area contributed by atoms with Gasteiger partial charge in [-0.1, -0.05) is 17.3 Å². The van der Waals surface area contributed by atoms with Gasteiger partial charge in [0.05, 0.1) is 7.11 Å². The first-order chi connectivity index (χ1) is 7.76. The quantitative estimate of drug-likeness (QED) is 0.220. The van der Waals surface area contributed by atoms with Crippen molar-refractivity contribution in [2.45, 2.75) is 13.0 Å². The Balaban J connectivity index is 2.31. The largest absolute Gasteiger partial charge is 0.497 e. The van der Waals surface area contributed by atoms with Gasteiger partial charge in [0.15, 0.2) is 0 Å². The van der Waals surface area contributed by atoms with Gasteiger partial charge in [0.25, 0.3) is 0 Å². The molecular weight excluding hydrogens is 206 g/mol. The van der Waals surface area contributed by atoms with Gasteiger partial charge in [-0.15, -0.1) is 0 Å². The van der Waals surface area contributed by atoms with E-state index >= 15 is 0 Å². The third kappa shape index (κ3) is 4.18. The Morgan fingerprint density at radius 1 is 1.56 bits per heavy atom. The molecule has 0 unspecified atom stereocenters. The number of nitrogens with zero attached hydrogens (tertiary/aromatic N) is 1. The highest BCUT2D eigenvalue weighted by Crippen LogP contribution is 2.11. The predicted molar refractivity (Wildman–Crippen MR) is 62.7 cm³/mol. The minimum atomic E-state index is 0.234. The second kappa shape index (κ2) is 6.68. The normalized spacial score (nSPS) is 11.4. The predicted octanol–water partition coefficient (Wildman–Crippen LogP) is 0.921. The minimum absolute atomic E-state index is 0.234. The van der Waals surface area contributed by atoms with Crippen LogP contribution < -0.4 is 15.8 Å². The van der Waals surface area contributed by atoms with Crippen molar-refractivity contribution in [3.8, 4) is 5.75 Å². The van der Waals surface area contributed by atoms with Gasteiger partial charge in [0, 0.05) is 19.5 Å². The van der Waals surface area contributed by atoms with Crippen LogP contribution >= 0.6 is 0 Å². The molecule has 0 amide bonds. The van der Waals surface area contributed by atoms with Crippen molar-refractivity contribution in [1.29, 1.82) is 0 Å². The molecule has 0 aliphatic carbocycles. The molecule has 5 nitrogen and oxygen atoms in total. The maximum absolute atomic E-state index is 8.34. The number of hydrogen-bond donors (Lipinski definition) is 3. The average molecular weight is 223 g/mol. The first-order valence-corrected chi connectivity index (χ1v) is 5.06. The van der Waals surface area contributed by atoms with Crippen LogP contribution in [0.4, 0.5) is 0 Å². The number of nitrogens with two attached hydrogens (primary N) is 1. The second-order valence-corrected chi connectivity index (χ2v) is 3.37. The Bertz CT molecular complexity index is 353. The minimum Gasteiger partial charge on any atom is -0.497 e. The van der Waals surface area contributed by atoms with Crippen molar-refractivity contribution in [2.75, 3.05) is 13.7 Å². The third-order valence-electron chi connectivity index (χ3n) is 2.15. The van der Waals surface area contributed by atoms with Crippen molar-refractivity contribution in [1.82, 2.24) is 5.32 Å². The number of methoxy groups -OCH3 is 1. The highest BCUT2D eigenvalue weighted by atomic mass is 16.5. The SMILES string of the molecule is COc1cccc(CNCCC(N)=NO)c1. The molecule has 0 saturated heterocycles. The summed E-state index contributed by atoms with van der Waals surface area (Å²) in [5.74, 6) is 1.08. The number of ether oxygens (including phenoxy) is 1. The van der Waals surface area contributed by atoms with Gasteiger partial charge in [0.2, 0.25) is 0 Å². The fourth-order valence-corrected chi connectivity index (χ4v) is 1.28. The van der Waals surface area contributed by atoms with E-state index in [1.54, 1.807) is 7.11 Å². The fraction of sp³-hybridized carbons (Fsp3) is 0.364. The Morgan fingerprint density at radius 3 is 3.06 bits per heavy atom. The van der Waals surface area contributed by atoms with Crippen molar-refractivity contribution in [2.24, 2.45) is 10.9 Å². The number of rotatable bonds is 6. The lowest BCUT2D eigenvalue weighted by Crippen LogP contribution is -2.21. The van der Waals surface area contributed by atoms with Crippen LogP contribution in [0.1, 0.15) is 12.0 Å². The van der Waals surface area contributed by atoms with Crippen LogP contribution in [0.25, 0.3) is 0 Å². The Kier molecular flexibility index (Phi) is 5.15. The lowest BCUT2D eigenvalue weighted by atomic mass is 10.2. The molecule has 0 fully saturated rings. The standard InChI is InChI=1S/C11H17N3O2/c1-16-10-4-2-3-9(7-10)8-13-6-5-11(12)14-15/h2-4,7,13,15H,5-6,8H2,1H3,(H2,12,14). The highest BCUT2D eigenvalue weighted by molar-refractivity contribution is 5.79. The molecule has 1 aromatic rings. The van der Waals surface area contributed by atoms with Gasteiger partial charge < -0.3 is 21.0 Å². The molecule has 0 heterocycles. The Hall–Kier alpha value is -1.75. The van der Waals surface area contributed by atoms with Crippen LogP contribution in [0.15, 0.2) is 29.4 Å². The van der Waals surface area contributed by atoms with Crippen molar-refractivity contribution in [3.63, 3.8) is 0 Å². The molecule has 0 spiro atoms. The van der Waals surface area contributed by atoms with Gasteiger partial charge in [-0.3, -0.25) is 0 Å². The van der Waals surface area contributed by atoms with Crippen LogP contribution in [-0.4, -0.2) is 24.7 Å². The number of benzene rings is 1. The van der Waals surface area contributed by atoms with E-state index in [-0.39, 0.29) is 5.84 Å². The van der Waals surface area contributed by atoms with Gasteiger partial charge >= 0.3 is 0 Å². The molecular formula is C11H17N3O2. The van der Waals surface area contributed by atoms with Crippen LogP contribution in [-0.2, 0) is 6.54 Å². The summed E-state index contributed by atoms with van der Waals surface area (Å²) in [6, 6.07) is 7.83. The summed E-state index contributed by atoms with van der Waals surface area (Å²) in [5, 5.41) is 14.4. The maximum atomic E-state index is 8.34. The summed E-state index contributed by atoms with van der Waals surface area (Å²) >= 11 is 0.